The fraction of sp³-hybridized carbons (Fsp3) is 0.533. The van der Waals surface area contributed by atoms with E-state index in [-0.39, 0.29) is 17.5 Å². The molecule has 2 rings (SSSR count). The maximum absolute atomic E-state index is 13.1. The molecule has 0 heterocycles. The molecule has 0 aromatic heterocycles. The van der Waals surface area contributed by atoms with Gasteiger partial charge in [-0.15, -0.1) is 0 Å². The molecule has 0 radical (unpaired) electrons. The van der Waals surface area contributed by atoms with Crippen molar-refractivity contribution < 1.29 is 8.78 Å². The van der Waals surface area contributed by atoms with Crippen LogP contribution in [0.1, 0.15) is 45.1 Å². The van der Waals surface area contributed by atoms with Crippen molar-refractivity contribution in [3.05, 3.63) is 35.4 Å². The SMILES string of the molecule is CC(C)(C)NC(N)=NC1CC(c2cc(F)cc(F)c2)C1. The topological polar surface area (TPSA) is 50.4 Å². The molecule has 110 valence electrons. The summed E-state index contributed by atoms with van der Waals surface area (Å²) in [5.74, 6) is -0.468. The van der Waals surface area contributed by atoms with E-state index >= 15 is 0 Å². The van der Waals surface area contributed by atoms with Gasteiger partial charge in [-0.25, -0.2) is 8.78 Å². The average molecular weight is 281 g/mol. The van der Waals surface area contributed by atoms with Gasteiger partial charge in [0.2, 0.25) is 0 Å². The largest absolute Gasteiger partial charge is 0.370 e. The molecule has 3 N–H and O–H groups in total. The van der Waals surface area contributed by atoms with E-state index in [1.54, 1.807) is 0 Å². The van der Waals surface area contributed by atoms with Gasteiger partial charge in [0, 0.05) is 11.6 Å². The summed E-state index contributed by atoms with van der Waals surface area (Å²) in [5.41, 5.74) is 6.40. The third-order valence-electron chi connectivity index (χ3n) is 3.29. The van der Waals surface area contributed by atoms with E-state index in [0.29, 0.717) is 11.5 Å². The molecule has 1 aromatic carbocycles. The third kappa shape index (κ3) is 3.92. The lowest BCUT2D eigenvalue weighted by Gasteiger charge is -2.33. The van der Waals surface area contributed by atoms with Crippen LogP contribution in [0.4, 0.5) is 8.78 Å². The monoisotopic (exact) mass is 281 g/mol. The van der Waals surface area contributed by atoms with Crippen LogP contribution in [-0.2, 0) is 0 Å². The molecule has 3 nitrogen and oxygen atoms in total. The Bertz CT molecular complexity index is 494. The third-order valence-corrected chi connectivity index (χ3v) is 3.29. The molecule has 0 unspecified atom stereocenters. The Labute approximate surface area is 118 Å². The van der Waals surface area contributed by atoms with Crippen LogP contribution < -0.4 is 11.1 Å². The molecular weight excluding hydrogens is 260 g/mol. The Balaban J connectivity index is 1.93. The average Bonchev–Trinajstić information content (AvgIpc) is 2.18. The lowest BCUT2D eigenvalue weighted by atomic mass is 9.76. The molecule has 20 heavy (non-hydrogen) atoms. The zero-order valence-corrected chi connectivity index (χ0v) is 12.1. The number of nitrogens with zero attached hydrogens (tertiary/aromatic N) is 1. The van der Waals surface area contributed by atoms with Crippen LogP contribution in [0.25, 0.3) is 0 Å². The first-order valence-corrected chi connectivity index (χ1v) is 6.80. The van der Waals surface area contributed by atoms with Crippen LogP contribution in [0.3, 0.4) is 0 Å². The Morgan fingerprint density at radius 2 is 1.75 bits per heavy atom. The molecule has 0 amide bonds. The Hall–Kier alpha value is -1.65. The molecule has 1 aliphatic rings. The lowest BCUT2D eigenvalue weighted by Crippen LogP contribution is -2.46. The van der Waals surface area contributed by atoms with Gasteiger partial charge in [0.1, 0.15) is 11.6 Å². The second-order valence-electron chi connectivity index (χ2n) is 6.41. The van der Waals surface area contributed by atoms with Crippen molar-refractivity contribution in [3.63, 3.8) is 0 Å². The number of hydrogen-bond acceptors (Lipinski definition) is 1. The molecule has 1 aliphatic carbocycles. The molecule has 1 fully saturated rings. The Morgan fingerprint density at radius 1 is 1.20 bits per heavy atom. The van der Waals surface area contributed by atoms with Crippen molar-refractivity contribution in [3.8, 4) is 0 Å². The second kappa shape index (κ2) is 5.38. The Kier molecular flexibility index (Phi) is 3.97. The van der Waals surface area contributed by atoms with Crippen LogP contribution in [0, 0.1) is 11.6 Å². The number of aliphatic imine (C=N–C) groups is 1. The lowest BCUT2D eigenvalue weighted by molar-refractivity contribution is 0.349. The van der Waals surface area contributed by atoms with Gasteiger partial charge in [0.15, 0.2) is 5.96 Å². The summed E-state index contributed by atoms with van der Waals surface area (Å²) in [6, 6.07) is 3.80. The van der Waals surface area contributed by atoms with Gasteiger partial charge < -0.3 is 11.1 Å². The van der Waals surface area contributed by atoms with Crippen molar-refractivity contribution in [1.29, 1.82) is 0 Å². The minimum Gasteiger partial charge on any atom is -0.370 e. The van der Waals surface area contributed by atoms with Crippen LogP contribution in [-0.4, -0.2) is 17.5 Å². The van der Waals surface area contributed by atoms with Crippen molar-refractivity contribution in [2.75, 3.05) is 0 Å². The molecule has 0 aliphatic heterocycles. The van der Waals surface area contributed by atoms with E-state index in [9.17, 15) is 8.78 Å². The normalized spacial score (nSPS) is 23.4. The van der Waals surface area contributed by atoms with Crippen LogP contribution in [0.5, 0.6) is 0 Å². The summed E-state index contributed by atoms with van der Waals surface area (Å²) in [6.45, 7) is 6.03. The van der Waals surface area contributed by atoms with E-state index in [2.05, 4.69) is 10.3 Å². The fourth-order valence-corrected chi connectivity index (χ4v) is 2.39. The van der Waals surface area contributed by atoms with E-state index in [4.69, 9.17) is 5.73 Å². The summed E-state index contributed by atoms with van der Waals surface area (Å²) < 4.78 is 26.3. The number of hydrogen-bond donors (Lipinski definition) is 2. The Morgan fingerprint density at radius 3 is 2.25 bits per heavy atom. The summed E-state index contributed by atoms with van der Waals surface area (Å²) >= 11 is 0. The number of halogens is 2. The maximum Gasteiger partial charge on any atom is 0.189 e. The summed E-state index contributed by atoms with van der Waals surface area (Å²) in [6.07, 6.45) is 1.55. The van der Waals surface area contributed by atoms with Gasteiger partial charge >= 0.3 is 0 Å². The van der Waals surface area contributed by atoms with Crippen molar-refractivity contribution >= 4 is 5.96 Å². The maximum atomic E-state index is 13.1. The van der Waals surface area contributed by atoms with Gasteiger partial charge in [-0.2, -0.15) is 0 Å². The first-order chi connectivity index (χ1) is 9.23. The molecular formula is C15H21F2N3. The minimum absolute atomic E-state index is 0.123. The molecule has 1 saturated carbocycles. The van der Waals surface area contributed by atoms with Gasteiger partial charge in [-0.1, -0.05) is 0 Å². The number of nitrogens with one attached hydrogen (secondary N) is 1. The quantitative estimate of drug-likeness (QED) is 0.647. The highest BCUT2D eigenvalue weighted by Crippen LogP contribution is 2.39. The number of rotatable bonds is 2. The standard InChI is InChI=1S/C15H21F2N3/c1-15(2,3)20-14(18)19-13-6-10(7-13)9-4-11(16)8-12(17)5-9/h4-5,8,10,13H,6-7H2,1-3H3,(H3,18,19,20). The van der Waals surface area contributed by atoms with Gasteiger partial charge in [-0.05, 0) is 57.2 Å². The van der Waals surface area contributed by atoms with Gasteiger partial charge in [0.05, 0.1) is 6.04 Å². The highest BCUT2D eigenvalue weighted by molar-refractivity contribution is 5.78. The molecule has 0 atom stereocenters. The van der Waals surface area contributed by atoms with Crippen molar-refractivity contribution in [1.82, 2.24) is 5.32 Å². The van der Waals surface area contributed by atoms with Crippen LogP contribution in [0.15, 0.2) is 23.2 Å². The highest BCUT2D eigenvalue weighted by atomic mass is 19.1. The molecule has 0 spiro atoms. The van der Waals surface area contributed by atoms with E-state index in [1.165, 1.54) is 12.1 Å². The first kappa shape index (κ1) is 14.8. The van der Waals surface area contributed by atoms with E-state index in [1.807, 2.05) is 20.8 Å². The highest BCUT2D eigenvalue weighted by Gasteiger charge is 2.31. The minimum atomic E-state index is -0.527. The summed E-state index contributed by atoms with van der Waals surface area (Å²) in [7, 11) is 0. The van der Waals surface area contributed by atoms with Crippen molar-refractivity contribution in [2.45, 2.75) is 51.1 Å². The van der Waals surface area contributed by atoms with Crippen LogP contribution in [0.2, 0.25) is 0 Å². The first-order valence-electron chi connectivity index (χ1n) is 6.80. The fourth-order valence-electron chi connectivity index (χ4n) is 2.39. The van der Waals surface area contributed by atoms with Gasteiger partial charge in [-0.3, -0.25) is 4.99 Å². The second-order valence-corrected chi connectivity index (χ2v) is 6.41. The van der Waals surface area contributed by atoms with E-state index in [0.717, 1.165) is 18.9 Å². The smallest absolute Gasteiger partial charge is 0.189 e. The number of nitrogens with two attached hydrogens (primary N) is 1. The predicted molar refractivity (Wildman–Crippen MR) is 76.6 cm³/mol. The zero-order chi connectivity index (χ0) is 14.9. The van der Waals surface area contributed by atoms with Crippen molar-refractivity contribution in [2.24, 2.45) is 10.7 Å². The number of guanidine groups is 1. The molecule has 0 saturated heterocycles. The predicted octanol–water partition coefficient (Wildman–Crippen LogP) is 2.91. The summed E-state index contributed by atoms with van der Waals surface area (Å²) in [4.78, 5) is 4.38. The molecule has 1 aromatic rings. The molecule has 0 bridgehead atoms. The summed E-state index contributed by atoms with van der Waals surface area (Å²) in [5, 5.41) is 3.10. The number of benzene rings is 1. The van der Waals surface area contributed by atoms with Crippen LogP contribution >= 0.6 is 0 Å². The van der Waals surface area contributed by atoms with E-state index < -0.39 is 11.6 Å². The zero-order valence-electron chi connectivity index (χ0n) is 12.1. The van der Waals surface area contributed by atoms with Gasteiger partial charge in [0.25, 0.3) is 0 Å². The molecule has 5 heteroatoms.